The quantitative estimate of drug-likeness (QED) is 0.624. The van der Waals surface area contributed by atoms with Crippen LogP contribution < -0.4 is 10.8 Å². The summed E-state index contributed by atoms with van der Waals surface area (Å²) in [6.45, 7) is 4.44. The molecule has 2 N–H and O–H groups in total. The number of hydrogen-bond donors (Lipinski definition) is 2. The van der Waals surface area contributed by atoms with E-state index < -0.39 is 0 Å². The Labute approximate surface area is 153 Å². The molecule has 0 saturated heterocycles. The molecule has 0 heterocycles. The van der Waals surface area contributed by atoms with Crippen LogP contribution in [0.25, 0.3) is 0 Å². The molecule has 4 heteroatoms. The molecular formula is C22H22N2O2. The maximum Gasteiger partial charge on any atom is 0.276 e. The van der Waals surface area contributed by atoms with Gasteiger partial charge in [-0.15, -0.1) is 0 Å². The van der Waals surface area contributed by atoms with Gasteiger partial charge in [-0.25, -0.2) is 5.48 Å². The Kier molecular flexibility index (Phi) is 5.66. The molecule has 0 aromatic heterocycles. The second-order valence-corrected chi connectivity index (χ2v) is 6.12. The van der Waals surface area contributed by atoms with E-state index in [1.807, 2.05) is 60.7 Å². The molecule has 132 valence electrons. The van der Waals surface area contributed by atoms with E-state index in [9.17, 15) is 4.79 Å². The van der Waals surface area contributed by atoms with E-state index in [1.54, 1.807) is 6.07 Å². The maximum atomic E-state index is 12.5. The van der Waals surface area contributed by atoms with Gasteiger partial charge in [0.05, 0.1) is 17.9 Å². The number of hydroxylamine groups is 1. The van der Waals surface area contributed by atoms with Gasteiger partial charge < -0.3 is 5.32 Å². The number of carbonyl (C=O) groups is 1. The molecule has 0 fully saturated rings. The van der Waals surface area contributed by atoms with Crippen LogP contribution >= 0.6 is 0 Å². The summed E-state index contributed by atoms with van der Waals surface area (Å²) in [7, 11) is 0. The predicted octanol–water partition coefficient (Wildman–Crippen LogP) is 4.91. The predicted molar refractivity (Wildman–Crippen MR) is 104 cm³/mol. The van der Waals surface area contributed by atoms with Gasteiger partial charge >= 0.3 is 0 Å². The number of anilines is 2. The summed E-state index contributed by atoms with van der Waals surface area (Å²) in [5.74, 6) is -0.283. The van der Waals surface area contributed by atoms with Crippen molar-refractivity contribution in [3.8, 4) is 0 Å². The van der Waals surface area contributed by atoms with Gasteiger partial charge in [-0.05, 0) is 48.7 Å². The van der Waals surface area contributed by atoms with Gasteiger partial charge in [-0.1, -0.05) is 54.6 Å². The normalized spacial score (nSPS) is 10.4. The molecule has 26 heavy (non-hydrogen) atoms. The Bertz CT molecular complexity index is 892. The van der Waals surface area contributed by atoms with Crippen molar-refractivity contribution < 1.29 is 9.63 Å². The maximum absolute atomic E-state index is 12.5. The highest BCUT2D eigenvalue weighted by Crippen LogP contribution is 2.25. The molecule has 3 aromatic carbocycles. The number of amides is 1. The van der Waals surface area contributed by atoms with Crippen LogP contribution in [0.2, 0.25) is 0 Å². The van der Waals surface area contributed by atoms with E-state index in [-0.39, 0.29) is 5.91 Å². The first-order valence-corrected chi connectivity index (χ1v) is 8.53. The van der Waals surface area contributed by atoms with E-state index in [2.05, 4.69) is 30.7 Å². The van der Waals surface area contributed by atoms with Gasteiger partial charge in [-0.2, -0.15) is 0 Å². The minimum Gasteiger partial charge on any atom is -0.355 e. The van der Waals surface area contributed by atoms with Crippen molar-refractivity contribution >= 4 is 17.3 Å². The van der Waals surface area contributed by atoms with Crippen LogP contribution in [0.3, 0.4) is 0 Å². The van der Waals surface area contributed by atoms with E-state index in [4.69, 9.17) is 4.84 Å². The number of aryl methyl sites for hydroxylation is 1. The van der Waals surface area contributed by atoms with E-state index in [0.29, 0.717) is 12.2 Å². The number of hydrogen-bond acceptors (Lipinski definition) is 3. The van der Waals surface area contributed by atoms with Crippen LogP contribution in [0.5, 0.6) is 0 Å². The van der Waals surface area contributed by atoms with Gasteiger partial charge in [0, 0.05) is 5.69 Å². The van der Waals surface area contributed by atoms with Crippen molar-refractivity contribution in [2.45, 2.75) is 20.5 Å². The second kappa shape index (κ2) is 8.32. The molecule has 0 unspecified atom stereocenters. The average Bonchev–Trinajstić information content (AvgIpc) is 2.67. The van der Waals surface area contributed by atoms with Crippen molar-refractivity contribution in [1.29, 1.82) is 0 Å². The summed E-state index contributed by atoms with van der Waals surface area (Å²) in [6.07, 6.45) is 0. The fourth-order valence-corrected chi connectivity index (χ4v) is 2.64. The molecule has 0 spiro atoms. The molecule has 4 nitrogen and oxygen atoms in total. The minimum absolute atomic E-state index is 0.283. The number of nitrogens with one attached hydrogen (secondary N) is 2. The third-order valence-corrected chi connectivity index (χ3v) is 4.29. The smallest absolute Gasteiger partial charge is 0.276 e. The van der Waals surface area contributed by atoms with Crippen molar-refractivity contribution in [3.05, 3.63) is 95.1 Å². The lowest BCUT2D eigenvalue weighted by atomic mass is 10.1. The zero-order valence-corrected chi connectivity index (χ0v) is 15.0. The Hall–Kier alpha value is -3.11. The highest BCUT2D eigenvalue weighted by molar-refractivity contribution is 5.99. The number of rotatable bonds is 6. The van der Waals surface area contributed by atoms with Crippen LogP contribution in [-0.4, -0.2) is 5.91 Å². The first kappa shape index (κ1) is 17.7. The Morgan fingerprint density at radius 1 is 0.846 bits per heavy atom. The SMILES string of the molecule is Cc1cccc(Nc2ccccc2C(=O)NOCc2ccccc2)c1C. The van der Waals surface area contributed by atoms with Crippen LogP contribution in [0.4, 0.5) is 11.4 Å². The highest BCUT2D eigenvalue weighted by atomic mass is 16.6. The molecule has 0 aliphatic carbocycles. The standard InChI is InChI=1S/C22H22N2O2/c1-16-9-8-14-20(17(16)2)23-21-13-7-6-12-19(21)22(25)24-26-15-18-10-4-3-5-11-18/h3-14,23H,15H2,1-2H3,(H,24,25). The topological polar surface area (TPSA) is 50.4 Å². The summed E-state index contributed by atoms with van der Waals surface area (Å²) < 4.78 is 0. The molecule has 0 aliphatic heterocycles. The van der Waals surface area contributed by atoms with E-state index >= 15 is 0 Å². The van der Waals surface area contributed by atoms with Crippen LogP contribution in [0.15, 0.2) is 72.8 Å². The molecule has 3 rings (SSSR count). The van der Waals surface area contributed by atoms with Crippen LogP contribution in [0.1, 0.15) is 27.0 Å². The Balaban J connectivity index is 1.70. The molecule has 0 atom stereocenters. The molecule has 3 aromatic rings. The largest absolute Gasteiger partial charge is 0.355 e. The van der Waals surface area contributed by atoms with Crippen LogP contribution in [0, 0.1) is 13.8 Å². The average molecular weight is 346 g/mol. The van der Waals surface area contributed by atoms with Gasteiger partial charge in [0.1, 0.15) is 0 Å². The Morgan fingerprint density at radius 3 is 2.35 bits per heavy atom. The fraction of sp³-hybridized carbons (Fsp3) is 0.136. The molecule has 0 saturated carbocycles. The lowest BCUT2D eigenvalue weighted by Crippen LogP contribution is -2.24. The lowest BCUT2D eigenvalue weighted by molar-refractivity contribution is 0.0234. The third-order valence-electron chi connectivity index (χ3n) is 4.29. The summed E-state index contributed by atoms with van der Waals surface area (Å²) >= 11 is 0. The van der Waals surface area contributed by atoms with Crippen molar-refractivity contribution in [2.75, 3.05) is 5.32 Å². The lowest BCUT2D eigenvalue weighted by Gasteiger charge is -2.15. The van der Waals surface area contributed by atoms with Gasteiger partial charge in [0.2, 0.25) is 0 Å². The zero-order chi connectivity index (χ0) is 18.4. The molecule has 1 amide bonds. The van der Waals surface area contributed by atoms with Gasteiger partial charge in [-0.3, -0.25) is 9.63 Å². The molecule has 0 aliphatic rings. The molecule has 0 radical (unpaired) electrons. The second-order valence-electron chi connectivity index (χ2n) is 6.12. The van der Waals surface area contributed by atoms with Crippen molar-refractivity contribution in [3.63, 3.8) is 0 Å². The monoisotopic (exact) mass is 346 g/mol. The minimum atomic E-state index is -0.283. The van der Waals surface area contributed by atoms with E-state index in [0.717, 1.165) is 22.5 Å². The van der Waals surface area contributed by atoms with E-state index in [1.165, 1.54) is 5.56 Å². The zero-order valence-electron chi connectivity index (χ0n) is 15.0. The van der Waals surface area contributed by atoms with Crippen molar-refractivity contribution in [1.82, 2.24) is 5.48 Å². The number of carbonyl (C=O) groups excluding carboxylic acids is 1. The van der Waals surface area contributed by atoms with Crippen LogP contribution in [-0.2, 0) is 11.4 Å². The number of benzene rings is 3. The molecule has 0 bridgehead atoms. The Morgan fingerprint density at radius 2 is 1.54 bits per heavy atom. The summed E-state index contributed by atoms with van der Waals surface area (Å²) in [6, 6.07) is 23.2. The summed E-state index contributed by atoms with van der Waals surface area (Å²) in [4.78, 5) is 17.9. The van der Waals surface area contributed by atoms with Gasteiger partial charge in [0.25, 0.3) is 5.91 Å². The first-order chi connectivity index (χ1) is 12.6. The van der Waals surface area contributed by atoms with Crippen molar-refractivity contribution in [2.24, 2.45) is 0 Å². The molecular weight excluding hydrogens is 324 g/mol. The van der Waals surface area contributed by atoms with Gasteiger partial charge in [0.15, 0.2) is 0 Å². The third kappa shape index (κ3) is 4.29. The number of para-hydroxylation sites is 1. The highest BCUT2D eigenvalue weighted by Gasteiger charge is 2.12. The first-order valence-electron chi connectivity index (χ1n) is 8.53. The fourth-order valence-electron chi connectivity index (χ4n) is 2.64. The summed E-state index contributed by atoms with van der Waals surface area (Å²) in [5.41, 5.74) is 8.12. The summed E-state index contributed by atoms with van der Waals surface area (Å²) in [5, 5.41) is 3.35.